The Balaban J connectivity index is 2.61. The molecular weight excluding hydrogens is 248 g/mol. The van der Waals surface area contributed by atoms with E-state index in [1.165, 1.54) is 0 Å². The fourth-order valence-electron chi connectivity index (χ4n) is 2.18. The molecule has 0 atom stereocenters. The standard InChI is InChI=1S/C16H16N4/c1-3-7-14-19-15(16(18)20(14)10-4-2)13-9-6-5-8-12(13)11-17/h2,5-6,8-9H,3,7,10,18H2,1H3. The van der Waals surface area contributed by atoms with Gasteiger partial charge in [0.1, 0.15) is 17.3 Å². The maximum Gasteiger partial charge on any atom is 0.132 e. The van der Waals surface area contributed by atoms with E-state index >= 15 is 0 Å². The molecule has 0 aliphatic carbocycles. The molecular formula is C16H16N4. The van der Waals surface area contributed by atoms with Crippen LogP contribution in [0.2, 0.25) is 0 Å². The molecule has 2 N–H and O–H groups in total. The molecule has 0 fully saturated rings. The molecule has 1 heterocycles. The van der Waals surface area contributed by atoms with Crippen LogP contribution in [0.1, 0.15) is 24.7 Å². The highest BCUT2D eigenvalue weighted by atomic mass is 15.1. The first-order valence-electron chi connectivity index (χ1n) is 6.50. The molecule has 1 aromatic heterocycles. The summed E-state index contributed by atoms with van der Waals surface area (Å²) in [7, 11) is 0. The Kier molecular flexibility index (Phi) is 4.08. The second-order valence-electron chi connectivity index (χ2n) is 4.46. The molecule has 0 aliphatic heterocycles. The highest BCUT2D eigenvalue weighted by molar-refractivity contribution is 5.76. The van der Waals surface area contributed by atoms with E-state index in [0.29, 0.717) is 23.6 Å². The third-order valence-corrected chi connectivity index (χ3v) is 3.11. The van der Waals surface area contributed by atoms with Crippen molar-refractivity contribution in [3.8, 4) is 29.7 Å². The van der Waals surface area contributed by atoms with Crippen molar-refractivity contribution in [2.24, 2.45) is 0 Å². The van der Waals surface area contributed by atoms with E-state index < -0.39 is 0 Å². The first-order valence-corrected chi connectivity index (χ1v) is 6.50. The number of benzene rings is 1. The average molecular weight is 264 g/mol. The van der Waals surface area contributed by atoms with E-state index in [0.717, 1.165) is 24.2 Å². The largest absolute Gasteiger partial charge is 0.383 e. The molecule has 0 unspecified atom stereocenters. The number of nitrogen functional groups attached to an aromatic ring is 1. The molecule has 20 heavy (non-hydrogen) atoms. The third-order valence-electron chi connectivity index (χ3n) is 3.11. The predicted molar refractivity (Wildman–Crippen MR) is 79.6 cm³/mol. The van der Waals surface area contributed by atoms with Crippen LogP contribution in [0, 0.1) is 23.7 Å². The van der Waals surface area contributed by atoms with Crippen molar-refractivity contribution in [3.05, 3.63) is 35.7 Å². The van der Waals surface area contributed by atoms with Crippen molar-refractivity contribution >= 4 is 5.82 Å². The lowest BCUT2D eigenvalue weighted by molar-refractivity contribution is 0.733. The third kappa shape index (κ3) is 2.37. The summed E-state index contributed by atoms with van der Waals surface area (Å²) in [5.74, 6) is 3.98. The van der Waals surface area contributed by atoms with E-state index in [1.54, 1.807) is 6.07 Å². The van der Waals surface area contributed by atoms with Crippen molar-refractivity contribution < 1.29 is 0 Å². The molecule has 0 saturated carbocycles. The van der Waals surface area contributed by atoms with E-state index in [9.17, 15) is 5.26 Å². The van der Waals surface area contributed by atoms with Gasteiger partial charge in [-0.1, -0.05) is 31.0 Å². The lowest BCUT2D eigenvalue weighted by atomic mass is 10.1. The van der Waals surface area contributed by atoms with Gasteiger partial charge in [-0.2, -0.15) is 5.26 Å². The van der Waals surface area contributed by atoms with Crippen LogP contribution in [0.4, 0.5) is 5.82 Å². The fourth-order valence-corrected chi connectivity index (χ4v) is 2.18. The zero-order valence-corrected chi connectivity index (χ0v) is 11.4. The Bertz CT molecular complexity index is 698. The van der Waals surface area contributed by atoms with Gasteiger partial charge in [0.2, 0.25) is 0 Å². The molecule has 1 aromatic carbocycles. The summed E-state index contributed by atoms with van der Waals surface area (Å²) in [4.78, 5) is 4.59. The van der Waals surface area contributed by atoms with Gasteiger partial charge in [0.25, 0.3) is 0 Å². The Morgan fingerprint density at radius 2 is 2.15 bits per heavy atom. The van der Waals surface area contributed by atoms with Crippen LogP contribution in [-0.2, 0) is 13.0 Å². The zero-order valence-electron chi connectivity index (χ0n) is 11.4. The summed E-state index contributed by atoms with van der Waals surface area (Å²) in [6, 6.07) is 9.48. The highest BCUT2D eigenvalue weighted by Crippen LogP contribution is 2.29. The van der Waals surface area contributed by atoms with Gasteiger partial charge in [0.15, 0.2) is 0 Å². The van der Waals surface area contributed by atoms with Gasteiger partial charge in [-0.3, -0.25) is 0 Å². The molecule has 0 radical (unpaired) electrons. The van der Waals surface area contributed by atoms with Gasteiger partial charge in [-0.05, 0) is 12.5 Å². The highest BCUT2D eigenvalue weighted by Gasteiger charge is 2.17. The minimum Gasteiger partial charge on any atom is -0.383 e. The number of imidazole rings is 1. The van der Waals surface area contributed by atoms with E-state index in [1.807, 2.05) is 22.8 Å². The van der Waals surface area contributed by atoms with Crippen LogP contribution >= 0.6 is 0 Å². The van der Waals surface area contributed by atoms with E-state index in [4.69, 9.17) is 12.2 Å². The number of terminal acetylenes is 1. The maximum absolute atomic E-state index is 9.20. The molecule has 2 rings (SSSR count). The van der Waals surface area contributed by atoms with Crippen LogP contribution < -0.4 is 5.73 Å². The normalized spacial score (nSPS) is 9.95. The minimum atomic E-state index is 0.392. The number of rotatable bonds is 4. The smallest absolute Gasteiger partial charge is 0.132 e. The first kappa shape index (κ1) is 13.7. The summed E-state index contributed by atoms with van der Waals surface area (Å²) < 4.78 is 1.84. The molecule has 4 nitrogen and oxygen atoms in total. The predicted octanol–water partition coefficient (Wildman–Crippen LogP) is 2.59. The lowest BCUT2D eigenvalue weighted by Gasteiger charge is -2.05. The Hall–Kier alpha value is -2.72. The number of hydrogen-bond acceptors (Lipinski definition) is 3. The molecule has 0 spiro atoms. The summed E-state index contributed by atoms with van der Waals surface area (Å²) in [6.07, 6.45) is 7.16. The molecule has 0 amide bonds. The number of nitriles is 1. The molecule has 100 valence electrons. The van der Waals surface area contributed by atoms with Crippen LogP contribution in [0.25, 0.3) is 11.3 Å². The number of hydrogen-bond donors (Lipinski definition) is 1. The van der Waals surface area contributed by atoms with Gasteiger partial charge >= 0.3 is 0 Å². The lowest BCUT2D eigenvalue weighted by Crippen LogP contribution is -2.06. The van der Waals surface area contributed by atoms with Crippen LogP contribution in [0.15, 0.2) is 24.3 Å². The van der Waals surface area contributed by atoms with E-state index in [-0.39, 0.29) is 0 Å². The minimum absolute atomic E-state index is 0.392. The summed E-state index contributed by atoms with van der Waals surface area (Å²) in [5.41, 5.74) is 8.12. The van der Waals surface area contributed by atoms with Crippen LogP contribution in [0.5, 0.6) is 0 Å². The van der Waals surface area contributed by atoms with Crippen molar-refractivity contribution in [3.63, 3.8) is 0 Å². The number of nitrogens with two attached hydrogens (primary N) is 1. The second-order valence-corrected chi connectivity index (χ2v) is 4.46. The van der Waals surface area contributed by atoms with Crippen LogP contribution in [0.3, 0.4) is 0 Å². The topological polar surface area (TPSA) is 67.6 Å². The fraction of sp³-hybridized carbons (Fsp3) is 0.250. The van der Waals surface area contributed by atoms with Crippen molar-refractivity contribution in [2.45, 2.75) is 26.3 Å². The SMILES string of the molecule is C#CCn1c(CCC)nc(-c2ccccc2C#N)c1N. The summed E-state index contributed by atoms with van der Waals surface area (Å²) in [6.45, 7) is 2.47. The van der Waals surface area contributed by atoms with Crippen molar-refractivity contribution in [1.29, 1.82) is 5.26 Å². The van der Waals surface area contributed by atoms with Gasteiger partial charge in [0.05, 0.1) is 18.2 Å². The number of aromatic nitrogens is 2. The molecule has 0 bridgehead atoms. The first-order chi connectivity index (χ1) is 9.72. The molecule has 2 aromatic rings. The monoisotopic (exact) mass is 264 g/mol. The quantitative estimate of drug-likeness (QED) is 0.863. The number of anilines is 1. The molecule has 0 saturated heterocycles. The molecule has 4 heteroatoms. The van der Waals surface area contributed by atoms with Crippen molar-refractivity contribution in [1.82, 2.24) is 9.55 Å². The van der Waals surface area contributed by atoms with Crippen LogP contribution in [-0.4, -0.2) is 9.55 Å². The molecule has 0 aliphatic rings. The maximum atomic E-state index is 9.20. The summed E-state index contributed by atoms with van der Waals surface area (Å²) >= 11 is 0. The second kappa shape index (κ2) is 5.95. The Morgan fingerprint density at radius 3 is 2.80 bits per heavy atom. The van der Waals surface area contributed by atoms with Gasteiger partial charge in [-0.15, -0.1) is 6.42 Å². The van der Waals surface area contributed by atoms with Crippen molar-refractivity contribution in [2.75, 3.05) is 5.73 Å². The van der Waals surface area contributed by atoms with Gasteiger partial charge in [0, 0.05) is 12.0 Å². The number of nitrogens with zero attached hydrogens (tertiary/aromatic N) is 3. The van der Waals surface area contributed by atoms with Gasteiger partial charge in [-0.25, -0.2) is 4.98 Å². The van der Waals surface area contributed by atoms with E-state index in [2.05, 4.69) is 23.9 Å². The zero-order chi connectivity index (χ0) is 14.5. The number of aryl methyl sites for hydroxylation is 1. The summed E-state index contributed by atoms with van der Waals surface area (Å²) in [5, 5.41) is 9.20. The Morgan fingerprint density at radius 1 is 1.40 bits per heavy atom. The Labute approximate surface area is 118 Å². The average Bonchev–Trinajstić information content (AvgIpc) is 2.77. The van der Waals surface area contributed by atoms with Gasteiger partial charge < -0.3 is 10.3 Å².